The summed E-state index contributed by atoms with van der Waals surface area (Å²) in [5, 5.41) is 14.2. The van der Waals surface area contributed by atoms with Gasteiger partial charge in [0.1, 0.15) is 0 Å². The monoisotopic (exact) mass is 387 g/mol. The molecule has 5 rings (SSSR count). The molecule has 160 valence electrons. The first kappa shape index (κ1) is 19.9. The van der Waals surface area contributed by atoms with Crippen LogP contribution in [0.1, 0.15) is 97.8 Å². The van der Waals surface area contributed by atoms with Crippen molar-refractivity contribution in [1.29, 1.82) is 0 Å². The molecule has 2 nitrogen and oxygen atoms in total. The highest BCUT2D eigenvalue weighted by Gasteiger charge is 2.60. The van der Waals surface area contributed by atoms with E-state index >= 15 is 0 Å². The normalized spacial score (nSPS) is 55.1. The van der Waals surface area contributed by atoms with Gasteiger partial charge in [0, 0.05) is 6.04 Å². The fraction of sp³-hybridized carbons (Fsp3) is 1.00. The number of piperidine rings is 1. The SMILES string of the molecule is CC(C1CCCCN1)[C@H]1CC[C@H]2[C@@H]3CC[C@H]4C[C@@H](O)CC[C@]4(C)[C@H]3CC[C@]12C. The van der Waals surface area contributed by atoms with E-state index in [0.29, 0.717) is 10.8 Å². The van der Waals surface area contributed by atoms with E-state index in [1.165, 1.54) is 70.8 Å². The quantitative estimate of drug-likeness (QED) is 0.629. The predicted molar refractivity (Wildman–Crippen MR) is 116 cm³/mol. The van der Waals surface area contributed by atoms with Gasteiger partial charge in [-0.3, -0.25) is 0 Å². The van der Waals surface area contributed by atoms with Gasteiger partial charge in [0.2, 0.25) is 0 Å². The van der Waals surface area contributed by atoms with Crippen molar-refractivity contribution in [1.82, 2.24) is 5.32 Å². The summed E-state index contributed by atoms with van der Waals surface area (Å²) in [5.74, 6) is 5.48. The lowest BCUT2D eigenvalue weighted by atomic mass is 9.44. The van der Waals surface area contributed by atoms with Gasteiger partial charge in [-0.05, 0) is 124 Å². The van der Waals surface area contributed by atoms with E-state index in [4.69, 9.17) is 0 Å². The number of nitrogens with one attached hydrogen (secondary N) is 1. The van der Waals surface area contributed by atoms with Gasteiger partial charge in [-0.2, -0.15) is 0 Å². The molecule has 0 aromatic carbocycles. The van der Waals surface area contributed by atoms with Crippen LogP contribution in [-0.4, -0.2) is 23.8 Å². The molecule has 1 aliphatic heterocycles. The molecule has 2 heteroatoms. The van der Waals surface area contributed by atoms with Crippen molar-refractivity contribution in [2.24, 2.45) is 46.3 Å². The minimum Gasteiger partial charge on any atom is -0.393 e. The highest BCUT2D eigenvalue weighted by atomic mass is 16.3. The lowest BCUT2D eigenvalue weighted by molar-refractivity contribution is -0.130. The minimum absolute atomic E-state index is 0.0109. The summed E-state index contributed by atoms with van der Waals surface area (Å²) < 4.78 is 0. The van der Waals surface area contributed by atoms with Crippen LogP contribution in [0.4, 0.5) is 0 Å². The molecule has 2 unspecified atom stereocenters. The molecule has 2 N–H and O–H groups in total. The standard InChI is InChI=1S/C26H45NO/c1-17(24-6-4-5-15-27-24)21-9-10-22-20-8-7-18-16-19(28)11-13-25(18,2)23(20)12-14-26(21,22)3/h17-24,27-28H,4-16H2,1-3H3/t17?,18-,19-,20-,21+,22-,23-,24?,25-,26+/m0/s1. The zero-order valence-corrected chi connectivity index (χ0v) is 18.8. The number of rotatable bonds is 2. The third kappa shape index (κ3) is 2.95. The summed E-state index contributed by atoms with van der Waals surface area (Å²) in [7, 11) is 0. The van der Waals surface area contributed by atoms with Gasteiger partial charge in [0.15, 0.2) is 0 Å². The highest BCUT2D eigenvalue weighted by Crippen LogP contribution is 2.68. The Morgan fingerprint density at radius 1 is 0.857 bits per heavy atom. The second-order valence-corrected chi connectivity index (χ2v) is 12.2. The van der Waals surface area contributed by atoms with Crippen LogP contribution in [0, 0.1) is 46.3 Å². The molecule has 5 fully saturated rings. The Kier molecular flexibility index (Phi) is 5.15. The lowest BCUT2D eigenvalue weighted by Crippen LogP contribution is -2.54. The van der Waals surface area contributed by atoms with Gasteiger partial charge < -0.3 is 10.4 Å². The zero-order chi connectivity index (χ0) is 19.5. The number of fused-ring (bicyclic) bond motifs is 5. The van der Waals surface area contributed by atoms with E-state index in [0.717, 1.165) is 54.4 Å². The maximum absolute atomic E-state index is 10.3. The average Bonchev–Trinajstić information content (AvgIpc) is 3.06. The van der Waals surface area contributed by atoms with Crippen LogP contribution in [0.2, 0.25) is 0 Å². The lowest BCUT2D eigenvalue weighted by Gasteiger charge is -2.61. The molecule has 10 atom stereocenters. The van der Waals surface area contributed by atoms with E-state index in [1.54, 1.807) is 0 Å². The number of aliphatic hydroxyl groups excluding tert-OH is 1. The first-order valence-electron chi connectivity index (χ1n) is 12.8. The van der Waals surface area contributed by atoms with Gasteiger partial charge in [0.05, 0.1) is 6.10 Å². The van der Waals surface area contributed by atoms with Crippen molar-refractivity contribution in [3.63, 3.8) is 0 Å². The Labute approximate surface area is 173 Å². The van der Waals surface area contributed by atoms with Gasteiger partial charge in [-0.1, -0.05) is 27.2 Å². The molecule has 4 saturated carbocycles. The second-order valence-electron chi connectivity index (χ2n) is 12.2. The second kappa shape index (κ2) is 7.26. The average molecular weight is 388 g/mol. The first-order valence-corrected chi connectivity index (χ1v) is 12.8. The third-order valence-corrected chi connectivity index (χ3v) is 11.3. The van der Waals surface area contributed by atoms with E-state index in [2.05, 4.69) is 26.1 Å². The largest absolute Gasteiger partial charge is 0.393 e. The summed E-state index contributed by atoms with van der Waals surface area (Å²) >= 11 is 0. The molecular formula is C26H45NO. The van der Waals surface area contributed by atoms with Crippen LogP contribution in [0.5, 0.6) is 0 Å². The van der Waals surface area contributed by atoms with Crippen LogP contribution >= 0.6 is 0 Å². The van der Waals surface area contributed by atoms with Crippen LogP contribution in [0.15, 0.2) is 0 Å². The van der Waals surface area contributed by atoms with E-state index in [-0.39, 0.29) is 6.10 Å². The molecule has 0 spiro atoms. The Balaban J connectivity index is 1.35. The molecule has 0 aromatic heterocycles. The van der Waals surface area contributed by atoms with Crippen LogP contribution < -0.4 is 5.32 Å². The summed E-state index contributed by atoms with van der Waals surface area (Å²) in [6, 6.07) is 0.778. The van der Waals surface area contributed by atoms with Crippen molar-refractivity contribution in [2.45, 2.75) is 110 Å². The molecule has 1 saturated heterocycles. The number of aliphatic hydroxyl groups is 1. The van der Waals surface area contributed by atoms with Crippen LogP contribution in [-0.2, 0) is 0 Å². The van der Waals surface area contributed by atoms with Crippen LogP contribution in [0.3, 0.4) is 0 Å². The van der Waals surface area contributed by atoms with Gasteiger partial charge in [0.25, 0.3) is 0 Å². The molecule has 0 amide bonds. The Morgan fingerprint density at radius 2 is 1.64 bits per heavy atom. The van der Waals surface area contributed by atoms with E-state index in [9.17, 15) is 5.11 Å². The smallest absolute Gasteiger partial charge is 0.0543 e. The van der Waals surface area contributed by atoms with Crippen molar-refractivity contribution in [3.05, 3.63) is 0 Å². The van der Waals surface area contributed by atoms with E-state index < -0.39 is 0 Å². The topological polar surface area (TPSA) is 32.3 Å². The molecule has 0 bridgehead atoms. The van der Waals surface area contributed by atoms with Gasteiger partial charge >= 0.3 is 0 Å². The third-order valence-electron chi connectivity index (χ3n) is 11.3. The van der Waals surface area contributed by atoms with Crippen molar-refractivity contribution in [2.75, 3.05) is 6.54 Å². The Morgan fingerprint density at radius 3 is 2.43 bits per heavy atom. The first-order chi connectivity index (χ1) is 13.4. The summed E-state index contributed by atoms with van der Waals surface area (Å²) in [4.78, 5) is 0. The van der Waals surface area contributed by atoms with Gasteiger partial charge in [-0.15, -0.1) is 0 Å². The number of hydrogen-bond donors (Lipinski definition) is 2. The highest BCUT2D eigenvalue weighted by molar-refractivity contribution is 5.10. The maximum atomic E-state index is 10.3. The predicted octanol–water partition coefficient (Wildman–Crippen LogP) is 5.78. The Hall–Kier alpha value is -0.0800. The van der Waals surface area contributed by atoms with Crippen molar-refractivity contribution in [3.8, 4) is 0 Å². The van der Waals surface area contributed by atoms with Crippen LogP contribution in [0.25, 0.3) is 0 Å². The Bertz CT molecular complexity index is 571. The van der Waals surface area contributed by atoms with Crippen molar-refractivity contribution < 1.29 is 5.11 Å². The maximum Gasteiger partial charge on any atom is 0.0543 e. The fourth-order valence-electron chi connectivity index (χ4n) is 9.75. The molecule has 1 heterocycles. The minimum atomic E-state index is -0.0109. The molecule has 28 heavy (non-hydrogen) atoms. The number of hydrogen-bond acceptors (Lipinski definition) is 2. The summed E-state index contributed by atoms with van der Waals surface area (Å²) in [6.45, 7) is 9.18. The summed E-state index contributed by atoms with van der Waals surface area (Å²) in [5.41, 5.74) is 1.12. The fourth-order valence-corrected chi connectivity index (χ4v) is 9.75. The van der Waals surface area contributed by atoms with Crippen molar-refractivity contribution >= 4 is 0 Å². The molecule has 0 aromatic rings. The van der Waals surface area contributed by atoms with Gasteiger partial charge in [-0.25, -0.2) is 0 Å². The summed E-state index contributed by atoms with van der Waals surface area (Å²) in [6.07, 6.45) is 16.5. The molecular weight excluding hydrogens is 342 g/mol. The molecule has 0 radical (unpaired) electrons. The molecule has 4 aliphatic carbocycles. The van der Waals surface area contributed by atoms with E-state index in [1.807, 2.05) is 0 Å². The molecule has 5 aliphatic rings. The zero-order valence-electron chi connectivity index (χ0n) is 18.8.